The Kier molecular flexibility index (Phi) is 8.02. The quantitative estimate of drug-likeness (QED) is 0.234. The molecule has 1 amide bonds. The van der Waals surface area contributed by atoms with Crippen LogP contribution in [0, 0.1) is 6.92 Å². The summed E-state index contributed by atoms with van der Waals surface area (Å²) in [6.07, 6.45) is 0. The molecule has 0 saturated carbocycles. The highest BCUT2D eigenvalue weighted by Gasteiger charge is 2.16. The number of ether oxygens (including phenoxy) is 1. The Morgan fingerprint density at radius 2 is 1.53 bits per heavy atom. The van der Waals surface area contributed by atoms with Crippen LogP contribution in [0.4, 0.5) is 11.4 Å². The molecule has 8 heteroatoms. The normalized spacial score (nSPS) is 11.3. The number of carbonyl (C=O) groups is 1. The van der Waals surface area contributed by atoms with E-state index >= 15 is 0 Å². The average Bonchev–Trinajstić information content (AvgIpc) is 2.87. The van der Waals surface area contributed by atoms with Crippen LogP contribution < -0.4 is 14.8 Å². The lowest BCUT2D eigenvalue weighted by Crippen LogP contribution is -2.22. The van der Waals surface area contributed by atoms with E-state index < -0.39 is 15.3 Å². The zero-order valence-electron chi connectivity index (χ0n) is 21.4. The molecule has 0 heterocycles. The first-order valence-electron chi connectivity index (χ1n) is 12.1. The minimum atomic E-state index is -3.45. The van der Waals surface area contributed by atoms with Crippen LogP contribution in [0.1, 0.15) is 35.3 Å². The molecule has 4 rings (SSSR count). The van der Waals surface area contributed by atoms with E-state index in [9.17, 15) is 18.3 Å². The van der Waals surface area contributed by atoms with Crippen molar-refractivity contribution in [3.05, 3.63) is 108 Å². The third-order valence-electron chi connectivity index (χ3n) is 5.86. The van der Waals surface area contributed by atoms with Gasteiger partial charge in [0.05, 0.1) is 5.25 Å². The first-order valence-corrected chi connectivity index (χ1v) is 13.7. The van der Waals surface area contributed by atoms with Gasteiger partial charge in [-0.15, -0.1) is 0 Å². The molecular weight excluding hydrogens is 500 g/mol. The number of aryl methyl sites for hydroxylation is 1. The second-order valence-electron chi connectivity index (χ2n) is 9.30. The molecule has 0 radical (unpaired) electrons. The van der Waals surface area contributed by atoms with Gasteiger partial charge in [0, 0.05) is 23.0 Å². The van der Waals surface area contributed by atoms with Gasteiger partial charge in [0.2, 0.25) is 10.0 Å². The van der Waals surface area contributed by atoms with Crippen LogP contribution in [0.25, 0.3) is 11.1 Å². The Labute approximate surface area is 223 Å². The average molecular weight is 531 g/mol. The summed E-state index contributed by atoms with van der Waals surface area (Å²) in [5.74, 6) is 0.519. The molecule has 0 spiro atoms. The first kappa shape index (κ1) is 26.8. The van der Waals surface area contributed by atoms with Crippen molar-refractivity contribution in [2.45, 2.75) is 32.6 Å². The lowest BCUT2D eigenvalue weighted by atomic mass is 10.0. The minimum Gasteiger partial charge on any atom is -0.508 e. The molecule has 0 aliphatic heterocycles. The molecule has 0 unspecified atom stereocenters. The van der Waals surface area contributed by atoms with Gasteiger partial charge in [0.25, 0.3) is 5.91 Å². The van der Waals surface area contributed by atoms with E-state index in [0.29, 0.717) is 22.7 Å². The number of phenolic OH excluding ortho intramolecular Hbond substituents is 1. The molecule has 0 atom stereocenters. The fraction of sp³-hybridized carbons (Fsp3) is 0.167. The topological polar surface area (TPSA) is 105 Å². The second-order valence-corrected chi connectivity index (χ2v) is 11.5. The molecule has 0 aromatic heterocycles. The van der Waals surface area contributed by atoms with E-state index in [1.54, 1.807) is 74.5 Å². The Morgan fingerprint density at radius 3 is 2.18 bits per heavy atom. The maximum atomic E-state index is 12.8. The highest BCUT2D eigenvalue weighted by molar-refractivity contribution is 7.93. The van der Waals surface area contributed by atoms with Crippen molar-refractivity contribution in [1.82, 2.24) is 0 Å². The summed E-state index contributed by atoms with van der Waals surface area (Å²) in [7, 11) is -3.45. The lowest BCUT2D eigenvalue weighted by molar-refractivity contribution is 0.102. The smallest absolute Gasteiger partial charge is 0.255 e. The van der Waals surface area contributed by atoms with Gasteiger partial charge in [-0.05, 0) is 91.6 Å². The number of anilines is 2. The van der Waals surface area contributed by atoms with Crippen molar-refractivity contribution >= 4 is 27.3 Å². The van der Waals surface area contributed by atoms with Gasteiger partial charge in [-0.1, -0.05) is 36.4 Å². The Morgan fingerprint density at radius 1 is 0.868 bits per heavy atom. The number of rotatable bonds is 9. The van der Waals surface area contributed by atoms with Gasteiger partial charge in [0.1, 0.15) is 18.1 Å². The first-order chi connectivity index (χ1) is 18.1. The number of amides is 1. The molecule has 3 N–H and O–H groups in total. The number of benzene rings is 4. The summed E-state index contributed by atoms with van der Waals surface area (Å²) in [6.45, 7) is 5.37. The molecule has 196 valence electrons. The number of hydrogen-bond donors (Lipinski definition) is 3. The maximum absolute atomic E-state index is 12.8. The molecule has 0 saturated heterocycles. The minimum absolute atomic E-state index is 0.202. The monoisotopic (exact) mass is 530 g/mol. The van der Waals surface area contributed by atoms with E-state index in [0.717, 1.165) is 22.3 Å². The van der Waals surface area contributed by atoms with E-state index in [-0.39, 0.29) is 18.3 Å². The molecule has 38 heavy (non-hydrogen) atoms. The molecule has 4 aromatic carbocycles. The highest BCUT2D eigenvalue weighted by Crippen LogP contribution is 2.24. The standard InChI is InChI=1S/C30H30N2O5S/c1-20(2)38(35,36)32-27-16-21(3)15-22(17-27)19-37-29-6-4-5-26(18-29)31-30(34)25-9-7-23(8-10-25)24-11-13-28(33)14-12-24/h4-18,20,32-33H,19H2,1-3H3,(H,31,34). The predicted molar refractivity (Wildman–Crippen MR) is 151 cm³/mol. The summed E-state index contributed by atoms with van der Waals surface area (Å²) < 4.78 is 33.0. The van der Waals surface area contributed by atoms with Crippen LogP contribution >= 0.6 is 0 Å². The Hall–Kier alpha value is -4.30. The SMILES string of the molecule is Cc1cc(COc2cccc(NC(=O)c3ccc(-c4ccc(O)cc4)cc3)c2)cc(NS(=O)(=O)C(C)C)c1. The lowest BCUT2D eigenvalue weighted by Gasteiger charge is -2.14. The van der Waals surface area contributed by atoms with Crippen molar-refractivity contribution < 1.29 is 23.1 Å². The second kappa shape index (κ2) is 11.4. The highest BCUT2D eigenvalue weighted by atomic mass is 32.2. The fourth-order valence-electron chi connectivity index (χ4n) is 3.79. The molecule has 0 aliphatic carbocycles. The molecule has 0 fully saturated rings. The van der Waals surface area contributed by atoms with Crippen molar-refractivity contribution in [3.63, 3.8) is 0 Å². The summed E-state index contributed by atoms with van der Waals surface area (Å²) in [5.41, 5.74) is 5.19. The molecule has 0 bridgehead atoms. The van der Waals surface area contributed by atoms with Gasteiger partial charge in [-0.3, -0.25) is 9.52 Å². The number of aromatic hydroxyl groups is 1. The maximum Gasteiger partial charge on any atom is 0.255 e. The number of nitrogens with one attached hydrogen (secondary N) is 2. The number of hydrogen-bond acceptors (Lipinski definition) is 5. The van der Waals surface area contributed by atoms with Gasteiger partial charge in [-0.2, -0.15) is 0 Å². The third-order valence-corrected chi connectivity index (χ3v) is 7.62. The molecule has 4 aromatic rings. The van der Waals surface area contributed by atoms with Gasteiger partial charge < -0.3 is 15.2 Å². The van der Waals surface area contributed by atoms with Crippen LogP contribution in [0.15, 0.2) is 91.0 Å². The summed E-state index contributed by atoms with van der Waals surface area (Å²) >= 11 is 0. The number of carbonyl (C=O) groups excluding carboxylic acids is 1. The summed E-state index contributed by atoms with van der Waals surface area (Å²) in [5, 5.41) is 11.8. The zero-order chi connectivity index (χ0) is 27.3. The third kappa shape index (κ3) is 6.92. The van der Waals surface area contributed by atoms with E-state index in [1.165, 1.54) is 0 Å². The molecule has 0 aliphatic rings. The van der Waals surface area contributed by atoms with Crippen molar-refractivity contribution in [1.29, 1.82) is 0 Å². The van der Waals surface area contributed by atoms with E-state index in [4.69, 9.17) is 4.74 Å². The fourth-order valence-corrected chi connectivity index (χ4v) is 4.47. The van der Waals surface area contributed by atoms with Crippen molar-refractivity contribution in [2.75, 3.05) is 10.0 Å². The number of sulfonamides is 1. The van der Waals surface area contributed by atoms with Gasteiger partial charge in [0.15, 0.2) is 0 Å². The van der Waals surface area contributed by atoms with Crippen LogP contribution in [0.5, 0.6) is 11.5 Å². The Bertz CT molecular complexity index is 1530. The van der Waals surface area contributed by atoms with Crippen LogP contribution in [0.2, 0.25) is 0 Å². The van der Waals surface area contributed by atoms with Crippen LogP contribution in [0.3, 0.4) is 0 Å². The van der Waals surface area contributed by atoms with Gasteiger partial charge >= 0.3 is 0 Å². The zero-order valence-corrected chi connectivity index (χ0v) is 22.2. The predicted octanol–water partition coefficient (Wildman–Crippen LogP) is 6.35. The van der Waals surface area contributed by atoms with Crippen LogP contribution in [-0.4, -0.2) is 24.7 Å². The van der Waals surface area contributed by atoms with Gasteiger partial charge in [-0.25, -0.2) is 8.42 Å². The Balaban J connectivity index is 1.39. The summed E-state index contributed by atoms with van der Waals surface area (Å²) in [4.78, 5) is 12.8. The number of phenols is 1. The van der Waals surface area contributed by atoms with E-state index in [2.05, 4.69) is 10.0 Å². The molecular formula is C30H30N2O5S. The van der Waals surface area contributed by atoms with Crippen molar-refractivity contribution in [3.8, 4) is 22.6 Å². The van der Waals surface area contributed by atoms with E-state index in [1.807, 2.05) is 37.3 Å². The molecule has 7 nitrogen and oxygen atoms in total. The largest absolute Gasteiger partial charge is 0.508 e. The van der Waals surface area contributed by atoms with Crippen LogP contribution in [-0.2, 0) is 16.6 Å². The van der Waals surface area contributed by atoms with Crippen molar-refractivity contribution in [2.24, 2.45) is 0 Å². The summed E-state index contributed by atoms with van der Waals surface area (Å²) in [6, 6.07) is 26.7.